The van der Waals surface area contributed by atoms with Gasteiger partial charge in [-0.1, -0.05) is 36.8 Å². The van der Waals surface area contributed by atoms with Crippen molar-refractivity contribution in [2.75, 3.05) is 20.7 Å². The zero-order valence-corrected chi connectivity index (χ0v) is 21.3. The van der Waals surface area contributed by atoms with Crippen molar-refractivity contribution in [3.05, 3.63) is 64.6 Å². The highest BCUT2D eigenvalue weighted by atomic mass is 19.4. The van der Waals surface area contributed by atoms with E-state index in [-0.39, 0.29) is 5.56 Å². The molecule has 1 atom stereocenters. The topological polar surface area (TPSA) is 99.6 Å². The van der Waals surface area contributed by atoms with Crippen LogP contribution < -0.4 is 20.3 Å². The molecule has 1 fully saturated rings. The number of methoxy groups -OCH3 is 1. The molecule has 7 nitrogen and oxygen atoms in total. The number of likely N-dealkylation sites (N-methyl/N-ethyl adjacent to an activating group) is 1. The second-order valence-corrected chi connectivity index (χ2v) is 9.29. The number of hydrogen-bond donors (Lipinski definition) is 1. The van der Waals surface area contributed by atoms with Gasteiger partial charge in [-0.2, -0.15) is 18.4 Å². The van der Waals surface area contributed by atoms with E-state index < -0.39 is 12.1 Å². The maximum Gasteiger partial charge on any atom is 0.430 e. The molecule has 1 aliphatic carbocycles. The van der Waals surface area contributed by atoms with Crippen molar-refractivity contribution in [3.63, 3.8) is 0 Å². The van der Waals surface area contributed by atoms with Crippen LogP contribution in [0.15, 0.2) is 53.3 Å². The maximum absolute atomic E-state index is 13.4. The van der Waals surface area contributed by atoms with Crippen LogP contribution in [0.25, 0.3) is 21.9 Å². The van der Waals surface area contributed by atoms with Crippen LogP contribution in [-0.2, 0) is 11.3 Å². The molecule has 0 bridgehead atoms. The molecule has 0 amide bonds. The van der Waals surface area contributed by atoms with Gasteiger partial charge in [0.1, 0.15) is 23.5 Å². The first-order valence-electron chi connectivity index (χ1n) is 12.4. The molecule has 1 aromatic heterocycles. The minimum absolute atomic E-state index is 0.106. The number of pyridine rings is 1. The molecule has 38 heavy (non-hydrogen) atoms. The Morgan fingerprint density at radius 2 is 1.76 bits per heavy atom. The molecule has 1 N–H and O–H groups in total. The summed E-state index contributed by atoms with van der Waals surface area (Å²) in [4.78, 5) is 23.7. The van der Waals surface area contributed by atoms with Gasteiger partial charge in [-0.3, -0.25) is 9.36 Å². The SMILES string of the molecule is COc1ccc2c(=O)n(CC[NH+](C)C3CCCCC3)c(C#N)c(-c3ccccc3)c2c1.O=C([O-])C(F)(F)F. The third kappa shape index (κ3) is 6.72. The third-order valence-electron chi connectivity index (χ3n) is 6.91. The number of quaternary nitrogens is 1. The first-order chi connectivity index (χ1) is 18.1. The number of nitrogens with one attached hydrogen (secondary N) is 1. The van der Waals surface area contributed by atoms with Gasteiger partial charge in [0.25, 0.3) is 5.56 Å². The summed E-state index contributed by atoms with van der Waals surface area (Å²) in [7, 11) is 3.83. The van der Waals surface area contributed by atoms with Crippen molar-refractivity contribution in [2.24, 2.45) is 0 Å². The van der Waals surface area contributed by atoms with Crippen molar-refractivity contribution in [3.8, 4) is 22.9 Å². The largest absolute Gasteiger partial charge is 0.542 e. The molecule has 202 valence electrons. The Balaban J connectivity index is 0.000000505. The number of nitrogens with zero attached hydrogens (tertiary/aromatic N) is 2. The number of carbonyl (C=O) groups excluding carboxylic acids is 1. The standard InChI is InChI=1S/C26H29N3O2.C2HF3O2/c1-28(20-11-7-4-8-12-20)15-16-29-24(18-27)25(19-9-5-3-6-10-19)23-17-21(31-2)13-14-22(23)26(29)30;3-2(4,5)1(6)7/h3,5-6,9-10,13-14,17,20H,4,7-8,11-12,15-16H2,1-2H3;(H,6,7). The molecule has 1 aliphatic rings. The van der Waals surface area contributed by atoms with Gasteiger partial charge in [0.2, 0.25) is 0 Å². The Morgan fingerprint density at radius 3 is 2.32 bits per heavy atom. The minimum atomic E-state index is -5.19. The van der Waals surface area contributed by atoms with Crippen molar-refractivity contribution in [1.82, 2.24) is 4.57 Å². The number of benzene rings is 2. The number of hydrogen-bond acceptors (Lipinski definition) is 5. The fraction of sp³-hybridized carbons (Fsp3) is 0.393. The monoisotopic (exact) mass is 529 g/mol. The van der Waals surface area contributed by atoms with E-state index in [1.54, 1.807) is 11.7 Å². The number of rotatable bonds is 6. The van der Waals surface area contributed by atoms with Crippen LogP contribution in [0, 0.1) is 11.3 Å². The number of aliphatic carboxylic acids is 1. The fourth-order valence-electron chi connectivity index (χ4n) is 4.87. The van der Waals surface area contributed by atoms with Crippen LogP contribution in [0.1, 0.15) is 37.8 Å². The lowest BCUT2D eigenvalue weighted by atomic mass is 9.94. The van der Waals surface area contributed by atoms with Crippen molar-refractivity contribution in [2.45, 2.75) is 50.9 Å². The van der Waals surface area contributed by atoms with E-state index in [1.807, 2.05) is 48.5 Å². The van der Waals surface area contributed by atoms with Gasteiger partial charge in [-0.05, 0) is 49.4 Å². The zero-order valence-electron chi connectivity index (χ0n) is 21.3. The Kier molecular flexibility index (Phi) is 9.53. The second-order valence-electron chi connectivity index (χ2n) is 9.29. The van der Waals surface area contributed by atoms with Crippen molar-refractivity contribution in [1.29, 1.82) is 5.26 Å². The summed E-state index contributed by atoms with van der Waals surface area (Å²) in [5.41, 5.74) is 2.05. The molecule has 3 aromatic rings. The van der Waals surface area contributed by atoms with Gasteiger partial charge >= 0.3 is 6.18 Å². The Labute approximate surface area is 218 Å². The predicted molar refractivity (Wildman–Crippen MR) is 135 cm³/mol. The normalized spacial score (nSPS) is 14.7. The van der Waals surface area contributed by atoms with E-state index in [0.29, 0.717) is 29.4 Å². The van der Waals surface area contributed by atoms with Crippen molar-refractivity contribution >= 4 is 16.7 Å². The highest BCUT2D eigenvalue weighted by Crippen LogP contribution is 2.32. The number of carboxylic acid groups (broad SMARTS) is 1. The molecule has 0 saturated heterocycles. The van der Waals surface area contributed by atoms with E-state index in [4.69, 9.17) is 14.6 Å². The summed E-state index contributed by atoms with van der Waals surface area (Å²) in [5.74, 6) is -2.33. The van der Waals surface area contributed by atoms with Gasteiger partial charge < -0.3 is 19.5 Å². The Bertz CT molecular complexity index is 1360. The average molecular weight is 530 g/mol. The van der Waals surface area contributed by atoms with Crippen LogP contribution in [-0.4, -0.2) is 43.5 Å². The number of carbonyl (C=O) groups is 1. The van der Waals surface area contributed by atoms with Crippen LogP contribution in [0.2, 0.25) is 0 Å². The number of carboxylic acids is 1. The lowest BCUT2D eigenvalue weighted by Crippen LogP contribution is -3.13. The molecule has 1 unspecified atom stereocenters. The molecular weight excluding hydrogens is 499 g/mol. The highest BCUT2D eigenvalue weighted by molar-refractivity contribution is 5.99. The van der Waals surface area contributed by atoms with Gasteiger partial charge in [0.05, 0.1) is 33.3 Å². The molecule has 4 rings (SSSR count). The number of fused-ring (bicyclic) bond motifs is 1. The van der Waals surface area contributed by atoms with Gasteiger partial charge in [0, 0.05) is 16.3 Å². The van der Waals surface area contributed by atoms with Crippen LogP contribution in [0.5, 0.6) is 5.75 Å². The number of alkyl halides is 3. The number of nitriles is 1. The van der Waals surface area contributed by atoms with Gasteiger partial charge in [-0.15, -0.1) is 0 Å². The molecular formula is C28H30F3N3O4. The Hall–Kier alpha value is -3.84. The minimum Gasteiger partial charge on any atom is -0.542 e. The second kappa shape index (κ2) is 12.6. The van der Waals surface area contributed by atoms with E-state index in [0.717, 1.165) is 23.1 Å². The van der Waals surface area contributed by atoms with E-state index in [2.05, 4.69) is 13.1 Å². The molecule has 1 saturated carbocycles. The van der Waals surface area contributed by atoms with Crippen LogP contribution in [0.4, 0.5) is 13.2 Å². The van der Waals surface area contributed by atoms with Gasteiger partial charge in [-0.25, -0.2) is 0 Å². The summed E-state index contributed by atoms with van der Waals surface area (Å²) in [6.45, 7) is 1.36. The molecule has 0 aliphatic heterocycles. The van der Waals surface area contributed by atoms with Crippen LogP contribution in [0.3, 0.4) is 0 Å². The maximum atomic E-state index is 13.4. The van der Waals surface area contributed by atoms with E-state index in [9.17, 15) is 23.2 Å². The quantitative estimate of drug-likeness (QED) is 0.530. The summed E-state index contributed by atoms with van der Waals surface area (Å²) in [6, 6.07) is 18.3. The zero-order chi connectivity index (χ0) is 27.9. The molecule has 0 radical (unpaired) electrons. The molecule has 1 heterocycles. The molecule has 10 heteroatoms. The van der Waals surface area contributed by atoms with E-state index in [1.165, 1.54) is 37.0 Å². The lowest BCUT2D eigenvalue weighted by Gasteiger charge is -2.28. The average Bonchev–Trinajstić information content (AvgIpc) is 2.92. The smallest absolute Gasteiger partial charge is 0.430 e. The fourth-order valence-corrected chi connectivity index (χ4v) is 4.87. The van der Waals surface area contributed by atoms with Crippen molar-refractivity contribution < 1.29 is 32.7 Å². The Morgan fingerprint density at radius 1 is 1.13 bits per heavy atom. The molecule has 0 spiro atoms. The highest BCUT2D eigenvalue weighted by Gasteiger charge is 2.29. The van der Waals surface area contributed by atoms with Gasteiger partial charge in [0.15, 0.2) is 0 Å². The summed E-state index contributed by atoms with van der Waals surface area (Å²) in [6.07, 6.45) is 1.22. The third-order valence-corrected chi connectivity index (χ3v) is 6.91. The lowest BCUT2D eigenvalue weighted by molar-refractivity contribution is -0.908. The van der Waals surface area contributed by atoms with Crippen LogP contribution >= 0.6 is 0 Å². The summed E-state index contributed by atoms with van der Waals surface area (Å²) < 4.78 is 38.6. The predicted octanol–water partition coefficient (Wildman–Crippen LogP) is 2.69. The molecule has 2 aromatic carbocycles. The first kappa shape index (κ1) is 28.7. The first-order valence-corrected chi connectivity index (χ1v) is 12.4. The summed E-state index contributed by atoms with van der Waals surface area (Å²) >= 11 is 0. The van der Waals surface area contributed by atoms with E-state index >= 15 is 0 Å². The summed E-state index contributed by atoms with van der Waals surface area (Å²) in [5, 5.41) is 20.3. The number of ether oxygens (including phenoxy) is 1. The number of aromatic nitrogens is 1. The number of halogens is 3.